The van der Waals surface area contributed by atoms with Crippen LogP contribution >= 0.6 is 0 Å². The molecule has 0 heterocycles. The number of hydrogen-bond acceptors (Lipinski definition) is 0. The summed E-state index contributed by atoms with van der Waals surface area (Å²) >= 11 is 0. The zero-order valence-corrected chi connectivity index (χ0v) is 11.0. The lowest BCUT2D eigenvalue weighted by Gasteiger charge is -2.15. The van der Waals surface area contributed by atoms with Gasteiger partial charge in [-0.1, -0.05) is 67.3 Å². The van der Waals surface area contributed by atoms with Crippen LogP contribution in [0.3, 0.4) is 0 Å². The molecule has 0 N–H and O–H groups in total. The maximum absolute atomic E-state index is 4.11. The molecule has 2 aromatic rings. The van der Waals surface area contributed by atoms with E-state index in [-0.39, 0.29) is 0 Å². The van der Waals surface area contributed by atoms with Crippen LogP contribution in [0.5, 0.6) is 0 Å². The molecule has 0 spiro atoms. The highest BCUT2D eigenvalue weighted by atomic mass is 14.1. The van der Waals surface area contributed by atoms with E-state index in [4.69, 9.17) is 0 Å². The minimum absolute atomic E-state index is 1.07. The van der Waals surface area contributed by atoms with Crippen molar-refractivity contribution in [2.75, 3.05) is 0 Å². The summed E-state index contributed by atoms with van der Waals surface area (Å²) in [6, 6.07) is 16.7. The highest BCUT2D eigenvalue weighted by Crippen LogP contribution is 2.33. The first-order chi connectivity index (χ1) is 8.61. The molecule has 0 heteroatoms. The van der Waals surface area contributed by atoms with Gasteiger partial charge in [0.25, 0.3) is 0 Å². The molecule has 0 saturated carbocycles. The third kappa shape index (κ3) is 2.28. The summed E-state index contributed by atoms with van der Waals surface area (Å²) in [6.07, 6.45) is 0. The second-order valence-electron chi connectivity index (χ2n) is 4.65. The number of benzene rings is 2. The van der Waals surface area contributed by atoms with E-state index in [0.717, 1.165) is 11.1 Å². The Labute approximate surface area is 109 Å². The van der Waals surface area contributed by atoms with Gasteiger partial charge in [-0.25, -0.2) is 0 Å². The first-order valence-corrected chi connectivity index (χ1v) is 6.11. The lowest BCUT2D eigenvalue weighted by atomic mass is 9.89. The predicted molar refractivity (Wildman–Crippen MR) is 81.3 cm³/mol. The Hall–Kier alpha value is -2.08. The van der Waals surface area contributed by atoms with Crippen LogP contribution in [0, 0.1) is 0 Å². The molecule has 0 bridgehead atoms. The Morgan fingerprint density at radius 3 is 2.00 bits per heavy atom. The lowest BCUT2D eigenvalue weighted by Crippen LogP contribution is -1.93. The van der Waals surface area contributed by atoms with Crippen molar-refractivity contribution < 1.29 is 0 Å². The molecule has 0 aliphatic rings. The van der Waals surface area contributed by atoms with Crippen molar-refractivity contribution in [3.63, 3.8) is 0 Å². The summed E-state index contributed by atoms with van der Waals surface area (Å²) in [5.74, 6) is 0. The third-order valence-corrected chi connectivity index (χ3v) is 3.04. The Morgan fingerprint density at radius 2 is 1.44 bits per heavy atom. The third-order valence-electron chi connectivity index (χ3n) is 3.04. The van der Waals surface area contributed by atoms with Gasteiger partial charge in [-0.05, 0) is 41.7 Å². The van der Waals surface area contributed by atoms with Gasteiger partial charge in [-0.3, -0.25) is 0 Å². The summed E-state index contributed by atoms with van der Waals surface area (Å²) in [6.45, 7) is 12.3. The first kappa shape index (κ1) is 12.4. The van der Waals surface area contributed by atoms with Crippen LogP contribution in [0.2, 0.25) is 0 Å². The van der Waals surface area contributed by atoms with Gasteiger partial charge in [-0.15, -0.1) is 0 Å². The fraction of sp³-hybridized carbons (Fsp3) is 0.111. The van der Waals surface area contributed by atoms with Crippen molar-refractivity contribution in [3.8, 4) is 11.1 Å². The molecule has 0 radical (unpaired) electrons. The molecule has 0 amide bonds. The monoisotopic (exact) mass is 234 g/mol. The number of rotatable bonds is 3. The molecule has 2 rings (SSSR count). The zero-order valence-electron chi connectivity index (χ0n) is 11.0. The summed E-state index contributed by atoms with van der Waals surface area (Å²) in [5, 5.41) is 0. The highest BCUT2D eigenvalue weighted by molar-refractivity contribution is 5.87. The summed E-state index contributed by atoms with van der Waals surface area (Å²) < 4.78 is 0. The van der Waals surface area contributed by atoms with Gasteiger partial charge in [0.05, 0.1) is 0 Å². The quantitative estimate of drug-likeness (QED) is 0.665. The maximum atomic E-state index is 4.11. The van der Waals surface area contributed by atoms with Gasteiger partial charge in [0.15, 0.2) is 0 Å². The molecule has 0 fully saturated rings. The van der Waals surface area contributed by atoms with E-state index in [1.54, 1.807) is 0 Å². The molecule has 18 heavy (non-hydrogen) atoms. The fourth-order valence-corrected chi connectivity index (χ4v) is 2.23. The van der Waals surface area contributed by atoms with Crippen LogP contribution in [-0.4, -0.2) is 0 Å². The Balaban J connectivity index is 2.72. The van der Waals surface area contributed by atoms with E-state index >= 15 is 0 Å². The number of allylic oxidation sites excluding steroid dienone is 2. The van der Waals surface area contributed by atoms with Crippen molar-refractivity contribution in [1.29, 1.82) is 0 Å². The average Bonchev–Trinajstić information content (AvgIpc) is 2.38. The van der Waals surface area contributed by atoms with E-state index in [9.17, 15) is 0 Å². The van der Waals surface area contributed by atoms with Crippen molar-refractivity contribution in [1.82, 2.24) is 0 Å². The van der Waals surface area contributed by atoms with E-state index in [1.807, 2.05) is 19.9 Å². The molecule has 0 nitrogen and oxygen atoms in total. The smallest absolute Gasteiger partial charge is 0.00796 e. The molecular formula is C18H18. The average molecular weight is 234 g/mol. The van der Waals surface area contributed by atoms with Gasteiger partial charge in [0, 0.05) is 0 Å². The zero-order chi connectivity index (χ0) is 13.1. The van der Waals surface area contributed by atoms with E-state index < -0.39 is 0 Å². The van der Waals surface area contributed by atoms with Gasteiger partial charge in [0.1, 0.15) is 0 Å². The van der Waals surface area contributed by atoms with E-state index in [1.165, 1.54) is 22.3 Å². The lowest BCUT2D eigenvalue weighted by molar-refractivity contribution is 1.48. The van der Waals surface area contributed by atoms with Crippen molar-refractivity contribution in [2.45, 2.75) is 13.8 Å². The van der Waals surface area contributed by atoms with E-state index in [0.29, 0.717) is 0 Å². The van der Waals surface area contributed by atoms with Crippen LogP contribution in [0.15, 0.2) is 61.7 Å². The largest absolute Gasteiger partial charge is 0.0955 e. The fourth-order valence-electron chi connectivity index (χ4n) is 2.23. The van der Waals surface area contributed by atoms with Gasteiger partial charge < -0.3 is 0 Å². The molecule has 2 aromatic carbocycles. The summed E-state index contributed by atoms with van der Waals surface area (Å²) in [4.78, 5) is 0. The topological polar surface area (TPSA) is 0 Å². The Kier molecular flexibility index (Phi) is 3.47. The summed E-state index contributed by atoms with van der Waals surface area (Å²) in [7, 11) is 0. The predicted octanol–water partition coefficient (Wildman–Crippen LogP) is 5.42. The van der Waals surface area contributed by atoms with Crippen LogP contribution in [0.1, 0.15) is 25.0 Å². The molecule has 0 aliphatic carbocycles. The Bertz CT molecular complexity index is 589. The highest BCUT2D eigenvalue weighted by Gasteiger charge is 2.10. The second-order valence-corrected chi connectivity index (χ2v) is 4.65. The minimum Gasteiger partial charge on any atom is -0.0955 e. The molecule has 0 atom stereocenters. The SMILES string of the molecule is C=C(C)c1cccc(-c2ccccc2)c1C(=C)C. The van der Waals surface area contributed by atoms with E-state index in [2.05, 4.69) is 55.6 Å². The number of hydrogen-bond donors (Lipinski definition) is 0. The van der Waals surface area contributed by atoms with Crippen LogP contribution in [0.25, 0.3) is 22.3 Å². The molecule has 90 valence electrons. The molecular weight excluding hydrogens is 216 g/mol. The first-order valence-electron chi connectivity index (χ1n) is 6.11. The van der Waals surface area contributed by atoms with Gasteiger partial charge in [-0.2, -0.15) is 0 Å². The Morgan fingerprint density at radius 1 is 0.778 bits per heavy atom. The molecule has 0 unspecified atom stereocenters. The van der Waals surface area contributed by atoms with Crippen LogP contribution in [0.4, 0.5) is 0 Å². The van der Waals surface area contributed by atoms with Gasteiger partial charge >= 0.3 is 0 Å². The van der Waals surface area contributed by atoms with Crippen molar-refractivity contribution >= 4 is 11.1 Å². The standard InChI is InChI=1S/C18H18/c1-13(2)16-11-8-12-17(18(16)14(3)4)15-9-6-5-7-10-15/h5-12H,1,3H2,2,4H3. The van der Waals surface area contributed by atoms with Crippen LogP contribution in [-0.2, 0) is 0 Å². The van der Waals surface area contributed by atoms with Crippen molar-refractivity contribution in [2.24, 2.45) is 0 Å². The minimum atomic E-state index is 1.07. The molecule has 0 aliphatic heterocycles. The maximum Gasteiger partial charge on any atom is -0.00796 e. The second kappa shape index (κ2) is 5.05. The molecule has 0 saturated heterocycles. The van der Waals surface area contributed by atoms with Crippen LogP contribution < -0.4 is 0 Å². The van der Waals surface area contributed by atoms with Crippen molar-refractivity contribution in [3.05, 3.63) is 72.8 Å². The van der Waals surface area contributed by atoms with Gasteiger partial charge in [0.2, 0.25) is 0 Å². The molecule has 0 aromatic heterocycles. The summed E-state index contributed by atoms with van der Waals surface area (Å²) in [5.41, 5.74) is 6.99. The normalized spacial score (nSPS) is 10.1.